The Morgan fingerprint density at radius 1 is 0.966 bits per heavy atom. The average molecular weight is 389 g/mol. The summed E-state index contributed by atoms with van der Waals surface area (Å²) in [6, 6.07) is 20.3. The summed E-state index contributed by atoms with van der Waals surface area (Å²) in [5, 5.41) is 0. The lowest BCUT2D eigenvalue weighted by molar-refractivity contribution is -0.122. The first-order valence-electron chi connectivity index (χ1n) is 9.05. The van der Waals surface area contributed by atoms with Crippen LogP contribution < -0.4 is 15.6 Å². The molecule has 2 heterocycles. The van der Waals surface area contributed by atoms with Crippen LogP contribution in [0.15, 0.2) is 72.9 Å². The first kappa shape index (κ1) is 18.3. The van der Waals surface area contributed by atoms with Gasteiger partial charge in [0.15, 0.2) is 0 Å². The van der Waals surface area contributed by atoms with Crippen molar-refractivity contribution in [2.45, 2.75) is 13.2 Å². The Bertz CT molecular complexity index is 1120. The zero-order valence-electron chi connectivity index (χ0n) is 15.5. The summed E-state index contributed by atoms with van der Waals surface area (Å²) in [5.41, 5.74) is 6.75. The minimum absolute atomic E-state index is 0.0149. The second kappa shape index (κ2) is 8.30. The summed E-state index contributed by atoms with van der Waals surface area (Å²) < 4.78 is 7.57. The van der Waals surface area contributed by atoms with Crippen LogP contribution in [0, 0.1) is 0 Å². The SMILES string of the molecule is O=C(Cn1c(COc2ccccc2)nc2ccccc21)NNC(=O)c1ccc[nH]1. The van der Waals surface area contributed by atoms with Crippen LogP contribution in [0.5, 0.6) is 5.75 Å². The maximum Gasteiger partial charge on any atom is 0.286 e. The normalized spacial score (nSPS) is 10.6. The number of hydrazine groups is 1. The van der Waals surface area contributed by atoms with E-state index in [1.807, 2.05) is 54.6 Å². The summed E-state index contributed by atoms with van der Waals surface area (Å²) in [6.45, 7) is 0.194. The molecule has 0 bridgehead atoms. The van der Waals surface area contributed by atoms with Gasteiger partial charge in [0.05, 0.1) is 11.0 Å². The van der Waals surface area contributed by atoms with Crippen molar-refractivity contribution in [3.05, 3.63) is 84.4 Å². The molecular weight excluding hydrogens is 370 g/mol. The van der Waals surface area contributed by atoms with Crippen LogP contribution in [0.25, 0.3) is 11.0 Å². The number of H-pyrrole nitrogens is 1. The maximum absolute atomic E-state index is 12.4. The Kier molecular flexibility index (Phi) is 5.24. The van der Waals surface area contributed by atoms with Crippen LogP contribution in [0.2, 0.25) is 0 Å². The van der Waals surface area contributed by atoms with Crippen LogP contribution >= 0.6 is 0 Å². The van der Waals surface area contributed by atoms with Crippen LogP contribution in [0.4, 0.5) is 0 Å². The van der Waals surface area contributed by atoms with E-state index in [0.717, 1.165) is 11.0 Å². The molecule has 0 radical (unpaired) electrons. The number of aromatic nitrogens is 3. The van der Waals surface area contributed by atoms with E-state index in [2.05, 4.69) is 20.8 Å². The first-order chi connectivity index (χ1) is 14.2. The predicted molar refractivity (Wildman–Crippen MR) is 107 cm³/mol. The van der Waals surface area contributed by atoms with Gasteiger partial charge in [-0.25, -0.2) is 4.98 Å². The minimum atomic E-state index is -0.425. The number of imidazole rings is 1. The average Bonchev–Trinajstić information content (AvgIpc) is 3.40. The van der Waals surface area contributed by atoms with E-state index < -0.39 is 5.91 Å². The lowest BCUT2D eigenvalue weighted by Gasteiger charge is -2.11. The molecule has 4 rings (SSSR count). The van der Waals surface area contributed by atoms with Crippen molar-refractivity contribution in [1.82, 2.24) is 25.4 Å². The van der Waals surface area contributed by atoms with E-state index in [1.54, 1.807) is 22.9 Å². The van der Waals surface area contributed by atoms with Crippen molar-refractivity contribution in [3.8, 4) is 5.75 Å². The van der Waals surface area contributed by atoms with Gasteiger partial charge >= 0.3 is 0 Å². The summed E-state index contributed by atoms with van der Waals surface area (Å²) in [5.74, 6) is 0.523. The highest BCUT2D eigenvalue weighted by Gasteiger charge is 2.15. The van der Waals surface area contributed by atoms with E-state index in [0.29, 0.717) is 17.3 Å². The van der Waals surface area contributed by atoms with Crippen molar-refractivity contribution < 1.29 is 14.3 Å². The van der Waals surface area contributed by atoms with E-state index in [9.17, 15) is 9.59 Å². The molecule has 0 spiro atoms. The number of rotatable bonds is 6. The third kappa shape index (κ3) is 4.27. The fraction of sp³-hybridized carbons (Fsp3) is 0.0952. The van der Waals surface area contributed by atoms with Gasteiger partial charge in [0.25, 0.3) is 11.8 Å². The van der Waals surface area contributed by atoms with Gasteiger partial charge < -0.3 is 14.3 Å². The molecule has 0 unspecified atom stereocenters. The number of fused-ring (bicyclic) bond motifs is 1. The number of hydrogen-bond donors (Lipinski definition) is 3. The number of para-hydroxylation sites is 3. The summed E-state index contributed by atoms with van der Waals surface area (Å²) in [4.78, 5) is 31.7. The van der Waals surface area contributed by atoms with Gasteiger partial charge in [-0.3, -0.25) is 20.4 Å². The lowest BCUT2D eigenvalue weighted by atomic mass is 10.3. The van der Waals surface area contributed by atoms with Crippen LogP contribution in [-0.2, 0) is 17.9 Å². The van der Waals surface area contributed by atoms with Crippen molar-refractivity contribution in [1.29, 1.82) is 0 Å². The first-order valence-corrected chi connectivity index (χ1v) is 9.05. The fourth-order valence-electron chi connectivity index (χ4n) is 2.93. The Morgan fingerprint density at radius 3 is 2.55 bits per heavy atom. The van der Waals surface area contributed by atoms with Gasteiger partial charge in [0.1, 0.15) is 30.4 Å². The summed E-state index contributed by atoms with van der Waals surface area (Å²) >= 11 is 0. The number of benzene rings is 2. The van der Waals surface area contributed by atoms with Crippen LogP contribution in [-0.4, -0.2) is 26.3 Å². The van der Waals surface area contributed by atoms with Crippen molar-refractivity contribution in [2.75, 3.05) is 0 Å². The lowest BCUT2D eigenvalue weighted by Crippen LogP contribution is -2.43. The highest BCUT2D eigenvalue weighted by Crippen LogP contribution is 2.18. The Labute approximate surface area is 166 Å². The van der Waals surface area contributed by atoms with E-state index in [-0.39, 0.29) is 19.1 Å². The molecule has 0 atom stereocenters. The van der Waals surface area contributed by atoms with Gasteiger partial charge in [-0.05, 0) is 36.4 Å². The van der Waals surface area contributed by atoms with Gasteiger partial charge in [0.2, 0.25) is 0 Å². The molecule has 0 saturated heterocycles. The number of nitrogens with zero attached hydrogens (tertiary/aromatic N) is 2. The fourth-order valence-corrected chi connectivity index (χ4v) is 2.93. The topological polar surface area (TPSA) is 101 Å². The highest BCUT2D eigenvalue weighted by molar-refractivity contribution is 5.93. The minimum Gasteiger partial charge on any atom is -0.486 e. The molecule has 0 fully saturated rings. The molecule has 3 N–H and O–H groups in total. The molecule has 0 aliphatic carbocycles. The Morgan fingerprint density at radius 2 is 1.76 bits per heavy atom. The van der Waals surface area contributed by atoms with E-state index >= 15 is 0 Å². The zero-order chi connectivity index (χ0) is 20.1. The summed E-state index contributed by atoms with van der Waals surface area (Å²) in [7, 11) is 0. The number of hydrogen-bond acceptors (Lipinski definition) is 4. The number of aromatic amines is 1. The standard InChI is InChI=1S/C21H19N5O3/c27-20(24-25-21(28)17-10-6-12-22-17)13-26-18-11-5-4-9-16(18)23-19(26)14-29-15-7-2-1-3-8-15/h1-12,22H,13-14H2,(H,24,27)(H,25,28). The van der Waals surface area contributed by atoms with Gasteiger partial charge in [-0.1, -0.05) is 30.3 Å². The third-order valence-electron chi connectivity index (χ3n) is 4.30. The number of amides is 2. The Balaban J connectivity index is 1.47. The Hall–Kier alpha value is -4.07. The monoisotopic (exact) mass is 389 g/mol. The molecule has 29 heavy (non-hydrogen) atoms. The van der Waals surface area contributed by atoms with Crippen LogP contribution in [0.1, 0.15) is 16.3 Å². The smallest absolute Gasteiger partial charge is 0.286 e. The molecular formula is C21H19N5O3. The molecule has 8 heteroatoms. The summed E-state index contributed by atoms with van der Waals surface area (Å²) in [6.07, 6.45) is 1.63. The van der Waals surface area contributed by atoms with Crippen molar-refractivity contribution in [3.63, 3.8) is 0 Å². The maximum atomic E-state index is 12.4. The second-order valence-electron chi connectivity index (χ2n) is 6.29. The number of nitrogens with one attached hydrogen (secondary N) is 3. The molecule has 2 aromatic heterocycles. The van der Waals surface area contributed by atoms with Crippen molar-refractivity contribution in [2.24, 2.45) is 0 Å². The zero-order valence-corrected chi connectivity index (χ0v) is 15.5. The molecule has 0 aliphatic rings. The quantitative estimate of drug-likeness (QED) is 0.441. The largest absolute Gasteiger partial charge is 0.486 e. The molecule has 4 aromatic rings. The molecule has 146 valence electrons. The molecule has 8 nitrogen and oxygen atoms in total. The van der Waals surface area contributed by atoms with Gasteiger partial charge in [-0.2, -0.15) is 0 Å². The van der Waals surface area contributed by atoms with E-state index in [4.69, 9.17) is 4.74 Å². The van der Waals surface area contributed by atoms with Crippen molar-refractivity contribution >= 4 is 22.8 Å². The number of ether oxygens (including phenoxy) is 1. The van der Waals surface area contributed by atoms with Gasteiger partial charge in [-0.15, -0.1) is 0 Å². The molecule has 0 saturated carbocycles. The number of carbonyl (C=O) groups excluding carboxylic acids is 2. The van der Waals surface area contributed by atoms with E-state index in [1.165, 1.54) is 0 Å². The predicted octanol–water partition coefficient (Wildman–Crippen LogP) is 2.40. The van der Waals surface area contributed by atoms with Gasteiger partial charge in [0, 0.05) is 6.20 Å². The molecule has 2 amide bonds. The van der Waals surface area contributed by atoms with Crippen LogP contribution in [0.3, 0.4) is 0 Å². The highest BCUT2D eigenvalue weighted by atomic mass is 16.5. The molecule has 2 aromatic carbocycles. The molecule has 0 aliphatic heterocycles. The second-order valence-corrected chi connectivity index (χ2v) is 6.29. The number of carbonyl (C=O) groups is 2. The third-order valence-corrected chi connectivity index (χ3v) is 4.30.